The van der Waals surface area contributed by atoms with Gasteiger partial charge in [-0.15, -0.1) is 0 Å². The molecule has 0 aromatic heterocycles. The van der Waals surface area contributed by atoms with Gasteiger partial charge in [-0.2, -0.15) is 13.2 Å². The molecule has 0 amide bonds. The van der Waals surface area contributed by atoms with E-state index in [1.54, 1.807) is 26.3 Å². The van der Waals surface area contributed by atoms with Crippen molar-refractivity contribution < 1.29 is 22.6 Å². The molecule has 8 heteroatoms. The van der Waals surface area contributed by atoms with Crippen LogP contribution in [-0.2, 0) is 22.6 Å². The smallest absolute Gasteiger partial charge is 0.385 e. The molecule has 0 bridgehead atoms. The second-order valence-electron chi connectivity index (χ2n) is 7.65. The van der Waals surface area contributed by atoms with Crippen molar-refractivity contribution in [2.45, 2.75) is 51.4 Å². The Morgan fingerprint density at radius 3 is 2.34 bits per heavy atom. The fraction of sp³-hybridized carbons (Fsp3) is 0.667. The van der Waals surface area contributed by atoms with Crippen molar-refractivity contribution in [3.8, 4) is 0 Å². The van der Waals surface area contributed by atoms with Gasteiger partial charge in [0.15, 0.2) is 5.96 Å². The normalized spacial score (nSPS) is 16.8. The Morgan fingerprint density at radius 2 is 1.76 bits per heavy atom. The summed E-state index contributed by atoms with van der Waals surface area (Å²) in [6.45, 7) is 0.927. The fourth-order valence-corrected chi connectivity index (χ4v) is 3.67. The van der Waals surface area contributed by atoms with Gasteiger partial charge in [0.25, 0.3) is 0 Å². The Labute approximate surface area is 171 Å². The predicted octanol–water partition coefficient (Wildman–Crippen LogP) is 4.03. The number of alkyl halides is 3. The van der Waals surface area contributed by atoms with Crippen molar-refractivity contribution in [1.29, 1.82) is 0 Å². The quantitative estimate of drug-likeness (QED) is 0.448. The van der Waals surface area contributed by atoms with E-state index in [0.717, 1.165) is 31.1 Å². The molecule has 0 aliphatic heterocycles. The summed E-state index contributed by atoms with van der Waals surface area (Å²) in [6, 6.07) is 7.32. The Balaban J connectivity index is 1.77. The van der Waals surface area contributed by atoms with E-state index in [4.69, 9.17) is 4.74 Å². The SMILES string of the molecule is CN=C(NCc1ccc(COCC(F)(F)F)cc1)NCC1(CCOC)CCCC1. The molecule has 29 heavy (non-hydrogen) atoms. The third-order valence-corrected chi connectivity index (χ3v) is 5.37. The molecular weight excluding hydrogens is 383 g/mol. The lowest BCUT2D eigenvalue weighted by molar-refractivity contribution is -0.176. The third-order valence-electron chi connectivity index (χ3n) is 5.37. The highest BCUT2D eigenvalue weighted by Gasteiger charge is 2.33. The van der Waals surface area contributed by atoms with Gasteiger partial charge < -0.3 is 20.1 Å². The summed E-state index contributed by atoms with van der Waals surface area (Å²) in [6.07, 6.45) is 1.68. The van der Waals surface area contributed by atoms with E-state index in [2.05, 4.69) is 20.4 Å². The maximum absolute atomic E-state index is 12.1. The molecule has 5 nitrogen and oxygen atoms in total. The van der Waals surface area contributed by atoms with Crippen molar-refractivity contribution in [1.82, 2.24) is 10.6 Å². The van der Waals surface area contributed by atoms with Gasteiger partial charge in [0.05, 0.1) is 6.61 Å². The molecule has 0 saturated heterocycles. The number of guanidine groups is 1. The fourth-order valence-electron chi connectivity index (χ4n) is 3.67. The van der Waals surface area contributed by atoms with Crippen LogP contribution < -0.4 is 10.6 Å². The van der Waals surface area contributed by atoms with Crippen LogP contribution in [-0.4, -0.2) is 46.1 Å². The Kier molecular flexibility index (Phi) is 9.23. The van der Waals surface area contributed by atoms with Crippen LogP contribution in [0.5, 0.6) is 0 Å². The Hall–Kier alpha value is -1.80. The van der Waals surface area contributed by atoms with Crippen LogP contribution in [0.15, 0.2) is 29.3 Å². The molecule has 0 heterocycles. The lowest BCUT2D eigenvalue weighted by Gasteiger charge is -2.30. The van der Waals surface area contributed by atoms with Crippen LogP contribution in [0.3, 0.4) is 0 Å². The molecule has 164 valence electrons. The second kappa shape index (κ2) is 11.4. The maximum atomic E-state index is 12.1. The van der Waals surface area contributed by atoms with Crippen LogP contribution in [0.1, 0.15) is 43.2 Å². The number of nitrogens with zero attached hydrogens (tertiary/aromatic N) is 1. The average molecular weight is 416 g/mol. The van der Waals surface area contributed by atoms with Gasteiger partial charge in [0.2, 0.25) is 0 Å². The van der Waals surface area contributed by atoms with E-state index in [1.165, 1.54) is 25.7 Å². The highest BCUT2D eigenvalue weighted by molar-refractivity contribution is 5.79. The highest BCUT2D eigenvalue weighted by Crippen LogP contribution is 2.40. The molecule has 2 N–H and O–H groups in total. The largest absolute Gasteiger partial charge is 0.411 e. The summed E-state index contributed by atoms with van der Waals surface area (Å²) < 4.78 is 46.3. The zero-order valence-corrected chi connectivity index (χ0v) is 17.3. The molecule has 1 aliphatic carbocycles. The van der Waals surface area contributed by atoms with Gasteiger partial charge in [-0.25, -0.2) is 0 Å². The van der Waals surface area contributed by atoms with Gasteiger partial charge in [0, 0.05) is 33.9 Å². The van der Waals surface area contributed by atoms with Crippen molar-refractivity contribution >= 4 is 5.96 Å². The summed E-state index contributed by atoms with van der Waals surface area (Å²) in [5, 5.41) is 6.73. The number of aliphatic imine (C=N–C) groups is 1. The Morgan fingerprint density at radius 1 is 1.10 bits per heavy atom. The van der Waals surface area contributed by atoms with Crippen LogP contribution in [0, 0.1) is 5.41 Å². The number of benzene rings is 1. The van der Waals surface area contributed by atoms with Gasteiger partial charge >= 0.3 is 6.18 Å². The number of ether oxygens (including phenoxy) is 2. The van der Waals surface area contributed by atoms with Gasteiger partial charge in [0.1, 0.15) is 6.61 Å². The van der Waals surface area contributed by atoms with Gasteiger partial charge in [-0.05, 0) is 35.8 Å². The number of halogens is 3. The summed E-state index contributed by atoms with van der Waals surface area (Å²) in [4.78, 5) is 4.29. The van der Waals surface area contributed by atoms with E-state index in [0.29, 0.717) is 12.1 Å². The molecule has 0 unspecified atom stereocenters. The lowest BCUT2D eigenvalue weighted by Crippen LogP contribution is -2.43. The first-order valence-electron chi connectivity index (χ1n) is 10.0. The zero-order valence-electron chi connectivity index (χ0n) is 17.3. The first-order valence-corrected chi connectivity index (χ1v) is 10.0. The number of nitrogens with one attached hydrogen (secondary N) is 2. The van der Waals surface area contributed by atoms with Gasteiger partial charge in [-0.3, -0.25) is 4.99 Å². The van der Waals surface area contributed by atoms with E-state index < -0.39 is 12.8 Å². The van der Waals surface area contributed by atoms with Crippen molar-refractivity contribution in [2.24, 2.45) is 10.4 Å². The first kappa shape index (κ1) is 23.5. The monoisotopic (exact) mass is 415 g/mol. The molecule has 0 radical (unpaired) electrons. The Bertz CT molecular complexity index is 627. The number of hydrogen-bond donors (Lipinski definition) is 2. The minimum absolute atomic E-state index is 0.0556. The van der Waals surface area contributed by atoms with E-state index >= 15 is 0 Å². The first-order chi connectivity index (χ1) is 13.9. The maximum Gasteiger partial charge on any atom is 0.411 e. The van der Waals surface area contributed by atoms with Crippen LogP contribution >= 0.6 is 0 Å². The van der Waals surface area contributed by atoms with E-state index in [-0.39, 0.29) is 12.0 Å². The molecule has 1 fully saturated rings. The topological polar surface area (TPSA) is 54.9 Å². The minimum atomic E-state index is -4.30. The van der Waals surface area contributed by atoms with E-state index in [1.807, 2.05) is 12.1 Å². The molecular formula is C21H32F3N3O2. The summed E-state index contributed by atoms with van der Waals surface area (Å²) in [7, 11) is 3.48. The van der Waals surface area contributed by atoms with Gasteiger partial charge in [-0.1, -0.05) is 37.1 Å². The van der Waals surface area contributed by atoms with Crippen molar-refractivity contribution in [3.05, 3.63) is 35.4 Å². The average Bonchev–Trinajstić information content (AvgIpc) is 3.16. The molecule has 1 aromatic carbocycles. The minimum Gasteiger partial charge on any atom is -0.385 e. The zero-order chi connectivity index (χ0) is 21.2. The van der Waals surface area contributed by atoms with E-state index in [9.17, 15) is 13.2 Å². The predicted molar refractivity (Wildman–Crippen MR) is 108 cm³/mol. The summed E-state index contributed by atoms with van der Waals surface area (Å²) in [5.74, 6) is 0.742. The molecule has 0 atom stereocenters. The molecule has 0 spiro atoms. The van der Waals surface area contributed by atoms with Crippen LogP contribution in [0.2, 0.25) is 0 Å². The standard InChI is InChI=1S/C21H32F3N3O2/c1-25-19(27-15-20(11-12-28-2)9-3-4-10-20)26-13-17-5-7-18(8-6-17)14-29-16-21(22,23)24/h5-8H,3-4,9-16H2,1-2H3,(H2,25,26,27). The second-order valence-corrected chi connectivity index (χ2v) is 7.65. The number of methoxy groups -OCH3 is 1. The van der Waals surface area contributed by atoms with Crippen LogP contribution in [0.4, 0.5) is 13.2 Å². The van der Waals surface area contributed by atoms with Crippen molar-refractivity contribution in [2.75, 3.05) is 33.9 Å². The molecule has 1 saturated carbocycles. The number of rotatable bonds is 10. The summed E-state index contributed by atoms with van der Waals surface area (Å²) >= 11 is 0. The third kappa shape index (κ3) is 8.62. The van der Waals surface area contributed by atoms with Crippen molar-refractivity contribution in [3.63, 3.8) is 0 Å². The lowest BCUT2D eigenvalue weighted by atomic mass is 9.83. The summed E-state index contributed by atoms with van der Waals surface area (Å²) in [5.41, 5.74) is 2.00. The number of hydrogen-bond acceptors (Lipinski definition) is 3. The molecule has 2 rings (SSSR count). The molecule has 1 aliphatic rings. The highest BCUT2D eigenvalue weighted by atomic mass is 19.4. The molecule has 1 aromatic rings. The van der Waals surface area contributed by atoms with Crippen LogP contribution in [0.25, 0.3) is 0 Å².